The molecule has 1 unspecified atom stereocenters. The molecule has 0 radical (unpaired) electrons. The predicted molar refractivity (Wildman–Crippen MR) is 90.6 cm³/mol. The lowest BCUT2D eigenvalue weighted by Gasteiger charge is -2.32. The average molecular weight is 287 g/mol. The third kappa shape index (κ3) is 3.65. The van der Waals surface area contributed by atoms with Crippen LogP contribution in [0.25, 0.3) is 11.0 Å². The van der Waals surface area contributed by atoms with Gasteiger partial charge in [-0.1, -0.05) is 46.8 Å². The maximum Gasteiger partial charge on any atom is 0.109 e. The standard InChI is InChI=1S/C18H29N3/c1-6-12-19-16(18(3,4)5)13-21-15-11-9-8-10-14(15)20-17(21)7-2/h8-11,16,19H,6-7,12-13H2,1-5H3. The van der Waals surface area contributed by atoms with E-state index in [2.05, 4.69) is 68.8 Å². The SMILES string of the molecule is CCCNC(Cn1c(CC)nc2ccccc21)C(C)(C)C. The first kappa shape index (κ1) is 16.0. The molecule has 2 rings (SSSR count). The molecule has 21 heavy (non-hydrogen) atoms. The molecule has 0 amide bonds. The second kappa shape index (κ2) is 6.61. The monoisotopic (exact) mass is 287 g/mol. The zero-order valence-corrected chi connectivity index (χ0v) is 14.1. The number of imidazole rings is 1. The summed E-state index contributed by atoms with van der Waals surface area (Å²) in [5, 5.41) is 3.72. The second-order valence-electron chi connectivity index (χ2n) is 6.85. The van der Waals surface area contributed by atoms with E-state index in [-0.39, 0.29) is 5.41 Å². The molecule has 2 aromatic rings. The van der Waals surface area contributed by atoms with Crippen LogP contribution in [0.4, 0.5) is 0 Å². The van der Waals surface area contributed by atoms with Crippen molar-refractivity contribution in [2.24, 2.45) is 5.41 Å². The number of rotatable bonds is 6. The minimum atomic E-state index is 0.228. The number of nitrogens with one attached hydrogen (secondary N) is 1. The molecule has 3 nitrogen and oxygen atoms in total. The fraction of sp³-hybridized carbons (Fsp3) is 0.611. The van der Waals surface area contributed by atoms with Crippen LogP contribution in [-0.4, -0.2) is 22.1 Å². The van der Waals surface area contributed by atoms with Gasteiger partial charge in [0.15, 0.2) is 0 Å². The number of aryl methyl sites for hydroxylation is 1. The van der Waals surface area contributed by atoms with Crippen LogP contribution in [0.5, 0.6) is 0 Å². The Morgan fingerprint density at radius 1 is 1.19 bits per heavy atom. The van der Waals surface area contributed by atoms with Crippen LogP contribution in [0.1, 0.15) is 46.9 Å². The van der Waals surface area contributed by atoms with Crippen molar-refractivity contribution in [3.05, 3.63) is 30.1 Å². The fourth-order valence-corrected chi connectivity index (χ4v) is 2.74. The van der Waals surface area contributed by atoms with Gasteiger partial charge in [0.1, 0.15) is 5.82 Å². The molecule has 0 bridgehead atoms. The van der Waals surface area contributed by atoms with Gasteiger partial charge in [-0.2, -0.15) is 0 Å². The summed E-state index contributed by atoms with van der Waals surface area (Å²) in [5.74, 6) is 1.18. The second-order valence-corrected chi connectivity index (χ2v) is 6.85. The number of nitrogens with zero attached hydrogens (tertiary/aromatic N) is 2. The van der Waals surface area contributed by atoms with Gasteiger partial charge in [-0.15, -0.1) is 0 Å². The van der Waals surface area contributed by atoms with Gasteiger partial charge in [0.05, 0.1) is 11.0 Å². The van der Waals surface area contributed by atoms with Crippen LogP contribution in [0.2, 0.25) is 0 Å². The largest absolute Gasteiger partial charge is 0.326 e. The lowest BCUT2D eigenvalue weighted by Crippen LogP contribution is -2.44. The van der Waals surface area contributed by atoms with E-state index >= 15 is 0 Å². The first-order valence-electron chi connectivity index (χ1n) is 8.14. The number of benzene rings is 1. The van der Waals surface area contributed by atoms with Gasteiger partial charge in [0.25, 0.3) is 0 Å². The molecule has 0 fully saturated rings. The van der Waals surface area contributed by atoms with Crippen LogP contribution < -0.4 is 5.32 Å². The number of aromatic nitrogens is 2. The Morgan fingerprint density at radius 3 is 2.52 bits per heavy atom. The van der Waals surface area contributed by atoms with Crippen molar-refractivity contribution in [2.45, 2.75) is 60.0 Å². The van der Waals surface area contributed by atoms with Gasteiger partial charge >= 0.3 is 0 Å². The molecular formula is C18H29N3. The number of hydrogen-bond donors (Lipinski definition) is 1. The Kier molecular flexibility index (Phi) is 5.04. The molecule has 0 spiro atoms. The summed E-state index contributed by atoms with van der Waals surface area (Å²) in [5.41, 5.74) is 2.59. The van der Waals surface area contributed by atoms with Gasteiger partial charge in [-0.25, -0.2) is 4.98 Å². The number of para-hydroxylation sites is 2. The van der Waals surface area contributed by atoms with Crippen molar-refractivity contribution in [1.29, 1.82) is 0 Å². The van der Waals surface area contributed by atoms with E-state index in [1.807, 2.05) is 0 Å². The molecule has 1 aromatic carbocycles. The van der Waals surface area contributed by atoms with Gasteiger partial charge in [-0.05, 0) is 30.5 Å². The van der Waals surface area contributed by atoms with E-state index in [0.717, 1.165) is 31.4 Å². The topological polar surface area (TPSA) is 29.9 Å². The van der Waals surface area contributed by atoms with E-state index < -0.39 is 0 Å². The summed E-state index contributed by atoms with van der Waals surface area (Å²) >= 11 is 0. The van der Waals surface area contributed by atoms with Crippen molar-refractivity contribution in [3.63, 3.8) is 0 Å². The minimum absolute atomic E-state index is 0.228. The average Bonchev–Trinajstić information content (AvgIpc) is 2.80. The summed E-state index contributed by atoms with van der Waals surface area (Å²) in [6.07, 6.45) is 2.14. The van der Waals surface area contributed by atoms with Crippen molar-refractivity contribution >= 4 is 11.0 Å². The van der Waals surface area contributed by atoms with Crippen LogP contribution in [0.3, 0.4) is 0 Å². The Labute approximate surface area is 128 Å². The highest BCUT2D eigenvalue weighted by atomic mass is 15.1. The molecule has 1 atom stereocenters. The molecule has 1 heterocycles. The van der Waals surface area contributed by atoms with Crippen LogP contribution >= 0.6 is 0 Å². The summed E-state index contributed by atoms with van der Waals surface area (Å²) in [6.45, 7) is 13.4. The quantitative estimate of drug-likeness (QED) is 0.870. The van der Waals surface area contributed by atoms with Crippen molar-refractivity contribution < 1.29 is 0 Å². The molecule has 3 heteroatoms. The lowest BCUT2D eigenvalue weighted by atomic mass is 9.86. The molecule has 0 saturated heterocycles. The maximum atomic E-state index is 4.78. The van der Waals surface area contributed by atoms with E-state index in [1.165, 1.54) is 11.3 Å². The summed E-state index contributed by atoms with van der Waals surface area (Å²) < 4.78 is 2.40. The summed E-state index contributed by atoms with van der Waals surface area (Å²) in [4.78, 5) is 4.78. The van der Waals surface area contributed by atoms with Gasteiger partial charge < -0.3 is 9.88 Å². The smallest absolute Gasteiger partial charge is 0.109 e. The number of fused-ring (bicyclic) bond motifs is 1. The zero-order chi connectivity index (χ0) is 15.5. The normalized spacial score (nSPS) is 13.8. The summed E-state index contributed by atoms with van der Waals surface area (Å²) in [7, 11) is 0. The van der Waals surface area contributed by atoms with Gasteiger partial charge in [0.2, 0.25) is 0 Å². The molecular weight excluding hydrogens is 258 g/mol. The van der Waals surface area contributed by atoms with Crippen LogP contribution in [0, 0.1) is 5.41 Å². The van der Waals surface area contributed by atoms with Crippen molar-refractivity contribution in [1.82, 2.24) is 14.9 Å². The number of hydrogen-bond acceptors (Lipinski definition) is 2. The van der Waals surface area contributed by atoms with E-state index in [9.17, 15) is 0 Å². The Balaban J connectivity index is 2.35. The first-order valence-corrected chi connectivity index (χ1v) is 8.14. The minimum Gasteiger partial charge on any atom is -0.326 e. The Bertz CT molecular complexity index is 578. The molecule has 0 saturated carbocycles. The third-order valence-electron chi connectivity index (χ3n) is 4.10. The van der Waals surface area contributed by atoms with E-state index in [0.29, 0.717) is 6.04 Å². The highest BCUT2D eigenvalue weighted by molar-refractivity contribution is 5.75. The molecule has 0 aliphatic heterocycles. The highest BCUT2D eigenvalue weighted by Gasteiger charge is 2.25. The van der Waals surface area contributed by atoms with Gasteiger partial charge in [-0.3, -0.25) is 0 Å². The lowest BCUT2D eigenvalue weighted by molar-refractivity contribution is 0.242. The molecule has 0 aliphatic rings. The first-order chi connectivity index (χ1) is 9.97. The maximum absolute atomic E-state index is 4.78. The molecule has 1 aromatic heterocycles. The molecule has 116 valence electrons. The Hall–Kier alpha value is -1.35. The van der Waals surface area contributed by atoms with Crippen LogP contribution in [0.15, 0.2) is 24.3 Å². The van der Waals surface area contributed by atoms with E-state index in [1.54, 1.807) is 0 Å². The van der Waals surface area contributed by atoms with Crippen LogP contribution in [-0.2, 0) is 13.0 Å². The Morgan fingerprint density at radius 2 is 1.90 bits per heavy atom. The fourth-order valence-electron chi connectivity index (χ4n) is 2.74. The highest BCUT2D eigenvalue weighted by Crippen LogP contribution is 2.24. The van der Waals surface area contributed by atoms with Crippen molar-refractivity contribution in [3.8, 4) is 0 Å². The third-order valence-corrected chi connectivity index (χ3v) is 4.10. The van der Waals surface area contributed by atoms with E-state index in [4.69, 9.17) is 4.98 Å². The van der Waals surface area contributed by atoms with Crippen molar-refractivity contribution in [2.75, 3.05) is 6.54 Å². The zero-order valence-electron chi connectivity index (χ0n) is 14.1. The predicted octanol–water partition coefficient (Wildman–Crippen LogP) is 4.01. The molecule has 1 N–H and O–H groups in total. The summed E-state index contributed by atoms with van der Waals surface area (Å²) in [6, 6.07) is 8.90. The van der Waals surface area contributed by atoms with Gasteiger partial charge in [0, 0.05) is 19.0 Å². The molecule has 0 aliphatic carbocycles.